The third-order valence-electron chi connectivity index (χ3n) is 5.13. The van der Waals surface area contributed by atoms with Gasteiger partial charge in [0, 0.05) is 0 Å². The van der Waals surface area contributed by atoms with Gasteiger partial charge in [-0.2, -0.15) is 0 Å². The molecule has 4 aliphatic rings. The summed E-state index contributed by atoms with van der Waals surface area (Å²) in [7, 11) is 0. The number of fused-ring (bicyclic) bond motifs is 7. The van der Waals surface area contributed by atoms with Gasteiger partial charge >= 0.3 is 0 Å². The van der Waals surface area contributed by atoms with Crippen molar-refractivity contribution in [2.24, 2.45) is 29.6 Å². The van der Waals surface area contributed by atoms with Crippen LogP contribution in [0.25, 0.3) is 0 Å². The van der Waals surface area contributed by atoms with Crippen molar-refractivity contribution in [1.29, 1.82) is 0 Å². The highest BCUT2D eigenvalue weighted by atomic mass is 16.5. The van der Waals surface area contributed by atoms with Crippen LogP contribution >= 0.6 is 0 Å². The second kappa shape index (κ2) is 2.44. The molecule has 76 valence electrons. The second-order valence-electron chi connectivity index (χ2n) is 5.83. The molecule has 0 radical (unpaired) electrons. The zero-order valence-electron chi connectivity index (χ0n) is 8.73. The van der Waals surface area contributed by atoms with Crippen molar-refractivity contribution in [2.45, 2.75) is 38.4 Å². The van der Waals surface area contributed by atoms with E-state index in [-0.39, 0.29) is 0 Å². The summed E-state index contributed by atoms with van der Waals surface area (Å²) in [6, 6.07) is 0. The number of hydrogen-bond acceptors (Lipinski definition) is 1. The maximum absolute atomic E-state index is 6.12. The molecule has 0 amide bonds. The molecule has 0 aromatic carbocycles. The highest BCUT2D eigenvalue weighted by Gasteiger charge is 2.57. The summed E-state index contributed by atoms with van der Waals surface area (Å²) < 4.78 is 6.12. The van der Waals surface area contributed by atoms with Crippen LogP contribution in [0.5, 0.6) is 0 Å². The fraction of sp³-hybridized carbons (Fsp3) is 0.846. The van der Waals surface area contributed by atoms with Crippen LogP contribution in [-0.2, 0) is 4.74 Å². The fourth-order valence-electron chi connectivity index (χ4n) is 4.76. The molecular weight excluding hydrogens is 172 g/mol. The quantitative estimate of drug-likeness (QED) is 0.533. The molecule has 1 heteroatoms. The van der Waals surface area contributed by atoms with Gasteiger partial charge in [-0.25, -0.2) is 0 Å². The van der Waals surface area contributed by atoms with Crippen molar-refractivity contribution in [3.05, 3.63) is 12.2 Å². The van der Waals surface area contributed by atoms with Crippen LogP contribution in [0, 0.1) is 29.6 Å². The molecular formula is C13H18O. The van der Waals surface area contributed by atoms with Crippen molar-refractivity contribution in [3.8, 4) is 0 Å². The maximum Gasteiger partial charge on any atom is 0.0644 e. The van der Waals surface area contributed by atoms with Crippen LogP contribution in [0.15, 0.2) is 12.2 Å². The number of allylic oxidation sites excluding steroid dienone is 2. The Bertz CT molecular complexity index is 296. The summed E-state index contributed by atoms with van der Waals surface area (Å²) in [6.07, 6.45) is 10.4. The molecule has 3 aliphatic carbocycles. The third-order valence-corrected chi connectivity index (χ3v) is 5.13. The van der Waals surface area contributed by atoms with Gasteiger partial charge in [0.05, 0.1) is 12.2 Å². The minimum Gasteiger partial charge on any atom is -0.375 e. The average molecular weight is 190 g/mol. The number of hydrogen-bond donors (Lipinski definition) is 0. The van der Waals surface area contributed by atoms with E-state index in [1.54, 1.807) is 0 Å². The molecule has 1 saturated heterocycles. The second-order valence-corrected chi connectivity index (χ2v) is 5.83. The van der Waals surface area contributed by atoms with E-state index in [0.717, 1.165) is 29.6 Å². The molecule has 4 rings (SSSR count). The van der Waals surface area contributed by atoms with Gasteiger partial charge in [-0.3, -0.25) is 0 Å². The van der Waals surface area contributed by atoms with Crippen LogP contribution in [0.1, 0.15) is 26.2 Å². The van der Waals surface area contributed by atoms with Crippen molar-refractivity contribution in [1.82, 2.24) is 0 Å². The van der Waals surface area contributed by atoms with Crippen molar-refractivity contribution in [2.75, 3.05) is 0 Å². The molecule has 2 bridgehead atoms. The van der Waals surface area contributed by atoms with Crippen LogP contribution in [0.2, 0.25) is 0 Å². The lowest BCUT2D eigenvalue weighted by molar-refractivity contribution is 0.00904. The average Bonchev–Trinajstić information content (AvgIpc) is 2.78. The monoisotopic (exact) mass is 190 g/mol. The van der Waals surface area contributed by atoms with Gasteiger partial charge in [0.15, 0.2) is 0 Å². The van der Waals surface area contributed by atoms with Gasteiger partial charge in [-0.05, 0) is 55.8 Å². The zero-order valence-corrected chi connectivity index (χ0v) is 8.73. The Labute approximate surface area is 85.5 Å². The van der Waals surface area contributed by atoms with E-state index in [9.17, 15) is 0 Å². The Morgan fingerprint density at radius 1 is 1.07 bits per heavy atom. The van der Waals surface area contributed by atoms with Gasteiger partial charge in [0.1, 0.15) is 0 Å². The summed E-state index contributed by atoms with van der Waals surface area (Å²) >= 11 is 0. The topological polar surface area (TPSA) is 9.23 Å². The highest BCUT2D eigenvalue weighted by Crippen LogP contribution is 2.60. The van der Waals surface area contributed by atoms with Crippen LogP contribution in [0.3, 0.4) is 0 Å². The lowest BCUT2D eigenvalue weighted by Crippen LogP contribution is -2.26. The summed E-state index contributed by atoms with van der Waals surface area (Å²) in [5, 5.41) is 0. The van der Waals surface area contributed by atoms with Crippen LogP contribution < -0.4 is 0 Å². The molecule has 0 aromatic rings. The lowest BCUT2D eigenvalue weighted by Gasteiger charge is -2.25. The van der Waals surface area contributed by atoms with E-state index in [1.165, 1.54) is 19.3 Å². The Kier molecular flexibility index (Phi) is 1.38. The largest absolute Gasteiger partial charge is 0.375 e. The molecule has 7 atom stereocenters. The van der Waals surface area contributed by atoms with Gasteiger partial charge in [-0.15, -0.1) is 0 Å². The summed E-state index contributed by atoms with van der Waals surface area (Å²) in [6.45, 7) is 2.25. The smallest absolute Gasteiger partial charge is 0.0644 e. The first kappa shape index (κ1) is 7.92. The first-order chi connectivity index (χ1) is 6.83. The molecule has 0 spiro atoms. The van der Waals surface area contributed by atoms with Gasteiger partial charge in [0.2, 0.25) is 0 Å². The van der Waals surface area contributed by atoms with Gasteiger partial charge < -0.3 is 4.74 Å². The summed E-state index contributed by atoms with van der Waals surface area (Å²) in [5.41, 5.74) is 0. The van der Waals surface area contributed by atoms with E-state index in [1.807, 2.05) is 0 Å². The molecule has 0 N–H and O–H groups in total. The molecule has 1 nitrogen and oxygen atoms in total. The molecule has 1 unspecified atom stereocenters. The first-order valence-corrected chi connectivity index (χ1v) is 6.16. The normalized spacial score (nSPS) is 63.4. The molecule has 0 aromatic heterocycles. The molecule has 1 heterocycles. The van der Waals surface area contributed by atoms with E-state index in [4.69, 9.17) is 4.74 Å². The number of rotatable bonds is 0. The minimum absolute atomic E-state index is 0.536. The van der Waals surface area contributed by atoms with Crippen LogP contribution in [-0.4, -0.2) is 12.2 Å². The Balaban J connectivity index is 1.68. The first-order valence-electron chi connectivity index (χ1n) is 6.16. The van der Waals surface area contributed by atoms with Gasteiger partial charge in [-0.1, -0.05) is 12.2 Å². The standard InChI is InChI=1S/C13H18O/c1-7-4-10-6-11-8-2-3-9(5-8)12(11)13(10)14-7/h2-3,7-13H,4-6H2,1H3/t7?,8-,9+,10+,11-,12-,13+/m1/s1. The minimum atomic E-state index is 0.536. The van der Waals surface area contributed by atoms with E-state index >= 15 is 0 Å². The van der Waals surface area contributed by atoms with Crippen LogP contribution in [0.4, 0.5) is 0 Å². The zero-order chi connectivity index (χ0) is 9.28. The fourth-order valence-corrected chi connectivity index (χ4v) is 4.76. The molecule has 3 fully saturated rings. The van der Waals surface area contributed by atoms with E-state index in [2.05, 4.69) is 19.1 Å². The number of ether oxygens (including phenoxy) is 1. The Morgan fingerprint density at radius 2 is 1.93 bits per heavy atom. The predicted octanol–water partition coefficient (Wildman–Crippen LogP) is 2.62. The van der Waals surface area contributed by atoms with Crippen molar-refractivity contribution >= 4 is 0 Å². The summed E-state index contributed by atoms with van der Waals surface area (Å²) in [4.78, 5) is 0. The van der Waals surface area contributed by atoms with Crippen molar-refractivity contribution < 1.29 is 4.74 Å². The Hall–Kier alpha value is -0.300. The highest BCUT2D eigenvalue weighted by molar-refractivity contribution is 5.19. The summed E-state index contributed by atoms with van der Waals surface area (Å²) in [5.74, 6) is 4.61. The molecule has 14 heavy (non-hydrogen) atoms. The predicted molar refractivity (Wildman–Crippen MR) is 54.8 cm³/mol. The Morgan fingerprint density at radius 3 is 2.86 bits per heavy atom. The maximum atomic E-state index is 6.12. The molecule has 2 saturated carbocycles. The third kappa shape index (κ3) is 0.809. The van der Waals surface area contributed by atoms with E-state index in [0.29, 0.717) is 12.2 Å². The van der Waals surface area contributed by atoms with E-state index < -0.39 is 0 Å². The SMILES string of the molecule is CC1C[C@H]2C[C@H]3[C@H]([C@H]2O1)[C@H]1C=C[C@@H]3C1. The lowest BCUT2D eigenvalue weighted by atomic mass is 9.85. The van der Waals surface area contributed by atoms with Gasteiger partial charge in [0.25, 0.3) is 0 Å². The van der Waals surface area contributed by atoms with Crippen molar-refractivity contribution in [3.63, 3.8) is 0 Å². The molecule has 1 aliphatic heterocycles.